The number of hydrogen-bond acceptors (Lipinski definition) is 11. The Morgan fingerprint density at radius 1 is 0.830 bits per heavy atom. The molecule has 8 rings (SSSR count). The van der Waals surface area contributed by atoms with Crippen LogP contribution in [-0.2, 0) is 14.3 Å². The Bertz CT molecular complexity index is 1510. The van der Waals surface area contributed by atoms with Gasteiger partial charge < -0.3 is 24.2 Å². The van der Waals surface area contributed by atoms with Gasteiger partial charge in [-0.2, -0.15) is 14.8 Å². The van der Waals surface area contributed by atoms with Gasteiger partial charge in [-0.15, -0.1) is 0 Å². The smallest absolute Gasteiger partial charge is 0.261 e. The molecule has 7 heterocycles. The van der Waals surface area contributed by atoms with Crippen molar-refractivity contribution in [2.45, 2.75) is 83.8 Å². The zero-order valence-corrected chi connectivity index (χ0v) is 32.8. The summed E-state index contributed by atoms with van der Waals surface area (Å²) in [5, 5.41) is 13.6. The molecule has 0 bridgehead atoms. The van der Waals surface area contributed by atoms with Crippen LogP contribution in [0.5, 0.6) is 0 Å². The van der Waals surface area contributed by atoms with Gasteiger partial charge in [0.2, 0.25) is 5.91 Å². The normalized spacial score (nSPS) is 28.6. The number of aliphatic imine (C=N–C) groups is 1. The fraction of sp³-hybridized carbons (Fsp3) is 0.775. The number of nitrogens with zero attached hydrogens (tertiary/aromatic N) is 10. The molecule has 13 heteroatoms. The minimum absolute atomic E-state index is 0.264. The van der Waals surface area contributed by atoms with Crippen LogP contribution in [0.25, 0.3) is 0 Å². The first kappa shape index (κ1) is 37.0. The molecule has 0 spiro atoms. The van der Waals surface area contributed by atoms with Crippen molar-refractivity contribution < 1.29 is 18.9 Å². The van der Waals surface area contributed by atoms with Crippen molar-refractivity contribution in [2.75, 3.05) is 110 Å². The molecule has 1 unspecified atom stereocenters. The number of dihydropyridines is 1. The van der Waals surface area contributed by atoms with E-state index in [2.05, 4.69) is 74.7 Å². The number of hydrogen-bond donors (Lipinski definition) is 0. The van der Waals surface area contributed by atoms with Gasteiger partial charge in [0.15, 0.2) is 0 Å². The van der Waals surface area contributed by atoms with Crippen LogP contribution in [0, 0.1) is 11.3 Å². The third-order valence-electron chi connectivity index (χ3n) is 13.7. The van der Waals surface area contributed by atoms with Crippen molar-refractivity contribution in [1.82, 2.24) is 29.8 Å². The van der Waals surface area contributed by atoms with Gasteiger partial charge in [-0.3, -0.25) is 14.6 Å². The minimum atomic E-state index is -0.426. The highest BCUT2D eigenvalue weighted by atomic mass is 16.5. The van der Waals surface area contributed by atoms with E-state index in [1.807, 2.05) is 6.20 Å². The molecule has 7 aliphatic rings. The zero-order chi connectivity index (χ0) is 36.6. The zero-order valence-electron chi connectivity index (χ0n) is 32.8. The fourth-order valence-electron chi connectivity index (χ4n) is 10.1. The second-order valence-electron chi connectivity index (χ2n) is 17.0. The number of carbonyl (C=O) groups is 1. The Morgan fingerprint density at radius 2 is 1.42 bits per heavy atom. The highest BCUT2D eigenvalue weighted by Gasteiger charge is 2.61. The molecule has 0 N–H and O–H groups in total. The molecule has 1 atom stereocenters. The predicted molar refractivity (Wildman–Crippen MR) is 207 cm³/mol. The molecule has 1 amide bonds. The lowest BCUT2D eigenvalue weighted by Crippen LogP contribution is -2.67. The van der Waals surface area contributed by atoms with E-state index in [1.54, 1.807) is 6.20 Å². The summed E-state index contributed by atoms with van der Waals surface area (Å²) in [7, 11) is 0. The van der Waals surface area contributed by atoms with E-state index in [1.165, 1.54) is 11.3 Å². The topological polar surface area (TPSA) is 102 Å². The van der Waals surface area contributed by atoms with Crippen molar-refractivity contribution in [3.8, 4) is 0 Å². The first-order valence-corrected chi connectivity index (χ1v) is 20.7. The summed E-state index contributed by atoms with van der Waals surface area (Å²) in [6, 6.07) is 2.84. The van der Waals surface area contributed by atoms with E-state index in [4.69, 9.17) is 19.6 Å². The molecule has 1 aliphatic carbocycles. The van der Waals surface area contributed by atoms with Crippen molar-refractivity contribution in [1.29, 1.82) is 0 Å². The van der Waals surface area contributed by atoms with Crippen LogP contribution in [-0.4, -0.2) is 175 Å². The largest absolute Gasteiger partial charge is 0.381 e. The van der Waals surface area contributed by atoms with Crippen molar-refractivity contribution in [3.05, 3.63) is 29.7 Å². The van der Waals surface area contributed by atoms with E-state index in [-0.39, 0.29) is 11.3 Å². The van der Waals surface area contributed by atoms with E-state index in [0.717, 1.165) is 155 Å². The Balaban J connectivity index is 1.22. The SMILES string of the molecule is CC[N+]1(CC)N=CC2=C(N(C3CCOCC3)C3CCOCC3)C(CN3CCN(C(=O)C4CC4)CC3)(CN3CCN(c4ccnnc4)CC3)C(C)(C)N=C21. The van der Waals surface area contributed by atoms with Gasteiger partial charge in [-0.25, -0.2) is 4.99 Å². The lowest BCUT2D eigenvalue weighted by Gasteiger charge is -2.58. The van der Waals surface area contributed by atoms with Crippen LogP contribution in [0.3, 0.4) is 0 Å². The number of likely N-dealkylation sites (N-methyl/N-ethyl adjacent to an activating group) is 1. The van der Waals surface area contributed by atoms with E-state index in [9.17, 15) is 4.79 Å². The van der Waals surface area contributed by atoms with Gasteiger partial charge in [0, 0.05) is 116 Å². The molecular formula is C40H63N10O3+. The van der Waals surface area contributed by atoms with Gasteiger partial charge in [-0.05, 0) is 72.3 Å². The average Bonchev–Trinajstić information content (AvgIpc) is 4.00. The minimum Gasteiger partial charge on any atom is -0.381 e. The van der Waals surface area contributed by atoms with Crippen LogP contribution in [0.2, 0.25) is 0 Å². The maximum Gasteiger partial charge on any atom is 0.261 e. The van der Waals surface area contributed by atoms with Gasteiger partial charge in [-0.1, -0.05) is 5.10 Å². The molecule has 1 aromatic heterocycles. The standard InChI is InChI=1S/C40H63N10O3/c1-5-50(6-2)37-35(28-43-50)36(49(32-10-23-52-24-11-32)33-12-25-53-26-13-33)40(39(3,4)44-37,30-46-17-21-48(22-18-46)38(51)31-7-8-31)29-45-15-19-47(20-16-45)34-9-14-41-42-27-34/h9,14,27-28,31-33H,5-8,10-13,15-26,29-30H2,1-4H3/q+1. The first-order chi connectivity index (χ1) is 25.8. The summed E-state index contributed by atoms with van der Waals surface area (Å²) in [6.07, 6.45) is 12.1. The fourth-order valence-corrected chi connectivity index (χ4v) is 10.1. The van der Waals surface area contributed by atoms with Gasteiger partial charge >= 0.3 is 0 Å². The van der Waals surface area contributed by atoms with Crippen LogP contribution >= 0.6 is 0 Å². The second-order valence-corrected chi connectivity index (χ2v) is 17.0. The van der Waals surface area contributed by atoms with Crippen LogP contribution < -0.4 is 4.90 Å². The summed E-state index contributed by atoms with van der Waals surface area (Å²) in [6.45, 7) is 23.3. The molecule has 53 heavy (non-hydrogen) atoms. The number of carbonyl (C=O) groups excluding carboxylic acids is 1. The quantitative estimate of drug-likeness (QED) is 0.318. The molecule has 0 aromatic carbocycles. The number of amidine groups is 1. The number of amides is 1. The summed E-state index contributed by atoms with van der Waals surface area (Å²) >= 11 is 0. The molecule has 0 radical (unpaired) electrons. The van der Waals surface area contributed by atoms with E-state index >= 15 is 0 Å². The van der Waals surface area contributed by atoms with Crippen LogP contribution in [0.15, 0.2) is 39.8 Å². The summed E-state index contributed by atoms with van der Waals surface area (Å²) < 4.78 is 12.6. The molecule has 290 valence electrons. The molecular weight excluding hydrogens is 669 g/mol. The highest BCUT2D eigenvalue weighted by Crippen LogP contribution is 2.53. The highest BCUT2D eigenvalue weighted by molar-refractivity contribution is 6.16. The summed E-state index contributed by atoms with van der Waals surface area (Å²) in [4.78, 5) is 32.0. The lowest BCUT2D eigenvalue weighted by molar-refractivity contribution is -0.841. The first-order valence-electron chi connectivity index (χ1n) is 20.7. The Morgan fingerprint density at radius 3 is 1.94 bits per heavy atom. The van der Waals surface area contributed by atoms with Gasteiger partial charge in [0.1, 0.15) is 18.7 Å². The van der Waals surface area contributed by atoms with E-state index < -0.39 is 5.54 Å². The average molecular weight is 732 g/mol. The number of ether oxygens (including phenoxy) is 2. The third kappa shape index (κ3) is 7.05. The lowest BCUT2D eigenvalue weighted by atomic mass is 9.64. The number of fused-ring (bicyclic) bond motifs is 1. The molecule has 1 saturated carbocycles. The molecule has 6 aliphatic heterocycles. The second kappa shape index (κ2) is 15.3. The van der Waals surface area contributed by atoms with Crippen LogP contribution in [0.4, 0.5) is 5.69 Å². The van der Waals surface area contributed by atoms with Crippen LogP contribution in [0.1, 0.15) is 66.2 Å². The Labute approximate surface area is 316 Å². The van der Waals surface area contributed by atoms with Crippen molar-refractivity contribution >= 4 is 23.6 Å². The number of rotatable bonds is 11. The number of anilines is 1. The Hall–Kier alpha value is -2.97. The van der Waals surface area contributed by atoms with Crippen molar-refractivity contribution in [2.24, 2.45) is 21.4 Å². The van der Waals surface area contributed by atoms with Crippen molar-refractivity contribution in [3.63, 3.8) is 0 Å². The maximum absolute atomic E-state index is 13.2. The monoisotopic (exact) mass is 732 g/mol. The number of piperazine rings is 2. The van der Waals surface area contributed by atoms with Gasteiger partial charge in [0.25, 0.3) is 5.84 Å². The third-order valence-corrected chi connectivity index (χ3v) is 13.7. The summed E-state index contributed by atoms with van der Waals surface area (Å²) in [5.41, 5.74) is 3.11. The predicted octanol–water partition coefficient (Wildman–Crippen LogP) is 3.10. The molecule has 4 saturated heterocycles. The Kier molecular flexibility index (Phi) is 10.7. The molecule has 1 aromatic rings. The van der Waals surface area contributed by atoms with E-state index in [0.29, 0.717) is 22.6 Å². The maximum atomic E-state index is 13.2. The molecule has 5 fully saturated rings. The summed E-state index contributed by atoms with van der Waals surface area (Å²) in [5.74, 6) is 1.78. The number of aromatic nitrogens is 2. The van der Waals surface area contributed by atoms with Gasteiger partial charge in [0.05, 0.1) is 35.2 Å². The molecule has 13 nitrogen and oxygen atoms in total. The number of quaternary nitrogens is 1.